The second-order valence-corrected chi connectivity index (χ2v) is 3.58. The van der Waals surface area contributed by atoms with E-state index in [1.807, 2.05) is 0 Å². The SMILES string of the molecule is Cc1occc1C(N)c1ccc(F)c(F)c1. The molecule has 0 radical (unpaired) electrons. The van der Waals surface area contributed by atoms with E-state index in [2.05, 4.69) is 0 Å². The van der Waals surface area contributed by atoms with Gasteiger partial charge in [-0.3, -0.25) is 0 Å². The molecule has 0 amide bonds. The fourth-order valence-electron chi connectivity index (χ4n) is 1.60. The van der Waals surface area contributed by atoms with Gasteiger partial charge in [0.05, 0.1) is 12.3 Å². The zero-order chi connectivity index (χ0) is 11.7. The largest absolute Gasteiger partial charge is 0.469 e. The third kappa shape index (κ3) is 1.84. The van der Waals surface area contributed by atoms with Gasteiger partial charge in [-0.15, -0.1) is 0 Å². The van der Waals surface area contributed by atoms with Crippen molar-refractivity contribution < 1.29 is 13.2 Å². The average molecular weight is 223 g/mol. The maximum Gasteiger partial charge on any atom is 0.159 e. The fraction of sp³-hybridized carbons (Fsp3) is 0.167. The van der Waals surface area contributed by atoms with Gasteiger partial charge in [0.25, 0.3) is 0 Å². The smallest absolute Gasteiger partial charge is 0.159 e. The highest BCUT2D eigenvalue weighted by Crippen LogP contribution is 2.24. The van der Waals surface area contributed by atoms with E-state index in [1.54, 1.807) is 13.0 Å². The Morgan fingerprint density at radius 3 is 2.50 bits per heavy atom. The standard InChI is InChI=1S/C12H11F2NO/c1-7-9(4-5-16-7)12(15)8-2-3-10(13)11(14)6-8/h2-6,12H,15H2,1H3. The second kappa shape index (κ2) is 4.06. The predicted molar refractivity (Wildman–Crippen MR) is 55.8 cm³/mol. The summed E-state index contributed by atoms with van der Waals surface area (Å²) in [5.41, 5.74) is 7.22. The van der Waals surface area contributed by atoms with Gasteiger partial charge in [-0.05, 0) is 30.7 Å². The van der Waals surface area contributed by atoms with Gasteiger partial charge >= 0.3 is 0 Å². The number of hydrogen-bond acceptors (Lipinski definition) is 2. The molecule has 4 heteroatoms. The highest BCUT2D eigenvalue weighted by molar-refractivity contribution is 5.32. The first-order chi connectivity index (χ1) is 7.59. The normalized spacial score (nSPS) is 12.8. The van der Waals surface area contributed by atoms with Crippen molar-refractivity contribution in [2.75, 3.05) is 0 Å². The summed E-state index contributed by atoms with van der Waals surface area (Å²) in [6.07, 6.45) is 1.52. The molecule has 1 heterocycles. The van der Waals surface area contributed by atoms with Crippen molar-refractivity contribution in [3.05, 3.63) is 59.1 Å². The molecule has 1 aromatic heterocycles. The van der Waals surface area contributed by atoms with Crippen molar-refractivity contribution in [3.63, 3.8) is 0 Å². The lowest BCUT2D eigenvalue weighted by Gasteiger charge is -2.11. The number of benzene rings is 1. The van der Waals surface area contributed by atoms with E-state index in [9.17, 15) is 8.78 Å². The topological polar surface area (TPSA) is 39.2 Å². The van der Waals surface area contributed by atoms with E-state index in [1.165, 1.54) is 12.3 Å². The molecule has 2 N–H and O–H groups in total. The number of nitrogens with two attached hydrogens (primary N) is 1. The maximum atomic E-state index is 13.0. The highest BCUT2D eigenvalue weighted by atomic mass is 19.2. The summed E-state index contributed by atoms with van der Waals surface area (Å²) in [6.45, 7) is 1.77. The predicted octanol–water partition coefficient (Wildman–Crippen LogP) is 2.91. The molecule has 2 aromatic rings. The average Bonchev–Trinajstić information content (AvgIpc) is 2.67. The van der Waals surface area contributed by atoms with Crippen LogP contribution in [0.4, 0.5) is 8.78 Å². The van der Waals surface area contributed by atoms with Crippen LogP contribution >= 0.6 is 0 Å². The van der Waals surface area contributed by atoms with E-state index in [-0.39, 0.29) is 0 Å². The number of halogens is 2. The van der Waals surface area contributed by atoms with Crippen LogP contribution in [0.2, 0.25) is 0 Å². The molecule has 0 saturated carbocycles. The summed E-state index contributed by atoms with van der Waals surface area (Å²) in [7, 11) is 0. The van der Waals surface area contributed by atoms with Gasteiger partial charge in [-0.25, -0.2) is 8.78 Å². The summed E-state index contributed by atoms with van der Waals surface area (Å²) in [5, 5.41) is 0. The van der Waals surface area contributed by atoms with Gasteiger partial charge in [0.2, 0.25) is 0 Å². The Bertz CT molecular complexity index is 507. The first-order valence-electron chi connectivity index (χ1n) is 4.84. The molecule has 84 valence electrons. The minimum Gasteiger partial charge on any atom is -0.469 e. The van der Waals surface area contributed by atoms with Gasteiger partial charge < -0.3 is 10.2 Å². The molecule has 2 nitrogen and oxygen atoms in total. The maximum absolute atomic E-state index is 13.0. The molecular weight excluding hydrogens is 212 g/mol. The van der Waals surface area contributed by atoms with Crippen LogP contribution in [0, 0.1) is 18.6 Å². The van der Waals surface area contributed by atoms with Crippen LogP contribution in [0.15, 0.2) is 34.9 Å². The third-order valence-electron chi connectivity index (χ3n) is 2.54. The van der Waals surface area contributed by atoms with Crippen molar-refractivity contribution >= 4 is 0 Å². The number of hydrogen-bond donors (Lipinski definition) is 1. The van der Waals surface area contributed by atoms with Gasteiger partial charge in [0, 0.05) is 5.56 Å². The first kappa shape index (κ1) is 10.8. The van der Waals surface area contributed by atoms with E-state index in [4.69, 9.17) is 10.2 Å². The summed E-state index contributed by atoms with van der Waals surface area (Å²) in [6, 6.07) is 4.86. The molecule has 1 aromatic carbocycles. The summed E-state index contributed by atoms with van der Waals surface area (Å²) < 4.78 is 30.9. The molecule has 0 spiro atoms. The third-order valence-corrected chi connectivity index (χ3v) is 2.54. The summed E-state index contributed by atoms with van der Waals surface area (Å²) >= 11 is 0. The first-order valence-corrected chi connectivity index (χ1v) is 4.84. The van der Waals surface area contributed by atoms with Crippen LogP contribution in [-0.4, -0.2) is 0 Å². The molecule has 0 saturated heterocycles. The van der Waals surface area contributed by atoms with Crippen molar-refractivity contribution in [2.24, 2.45) is 5.73 Å². The lowest BCUT2D eigenvalue weighted by atomic mass is 10.0. The van der Waals surface area contributed by atoms with E-state index >= 15 is 0 Å². The molecule has 0 bridgehead atoms. The zero-order valence-electron chi connectivity index (χ0n) is 8.71. The van der Waals surface area contributed by atoms with Crippen molar-refractivity contribution in [2.45, 2.75) is 13.0 Å². The monoisotopic (exact) mass is 223 g/mol. The Hall–Kier alpha value is -1.68. The van der Waals surface area contributed by atoms with Crippen molar-refractivity contribution in [1.29, 1.82) is 0 Å². The quantitative estimate of drug-likeness (QED) is 0.850. The van der Waals surface area contributed by atoms with Gasteiger partial charge in [-0.1, -0.05) is 6.07 Å². The molecule has 0 aliphatic heterocycles. The second-order valence-electron chi connectivity index (χ2n) is 3.58. The van der Waals surface area contributed by atoms with E-state index in [0.29, 0.717) is 11.3 Å². The fourth-order valence-corrected chi connectivity index (χ4v) is 1.60. The lowest BCUT2D eigenvalue weighted by molar-refractivity contribution is 0.505. The molecule has 1 atom stereocenters. The van der Waals surface area contributed by atoms with E-state index < -0.39 is 17.7 Å². The Labute approximate surface area is 91.7 Å². The molecule has 2 rings (SSSR count). The Morgan fingerprint density at radius 2 is 1.94 bits per heavy atom. The van der Waals surface area contributed by atoms with Crippen LogP contribution in [-0.2, 0) is 0 Å². The zero-order valence-corrected chi connectivity index (χ0v) is 8.71. The van der Waals surface area contributed by atoms with Crippen LogP contribution in [0.25, 0.3) is 0 Å². The summed E-state index contributed by atoms with van der Waals surface area (Å²) in [5.74, 6) is -1.09. The Morgan fingerprint density at radius 1 is 1.19 bits per heavy atom. The van der Waals surface area contributed by atoms with Gasteiger partial charge in [0.1, 0.15) is 5.76 Å². The lowest BCUT2D eigenvalue weighted by Crippen LogP contribution is -2.12. The van der Waals surface area contributed by atoms with Crippen LogP contribution in [0.1, 0.15) is 22.9 Å². The molecule has 0 aliphatic carbocycles. The molecule has 0 fully saturated rings. The van der Waals surface area contributed by atoms with Crippen molar-refractivity contribution in [3.8, 4) is 0 Å². The van der Waals surface area contributed by atoms with Crippen LogP contribution in [0.3, 0.4) is 0 Å². The van der Waals surface area contributed by atoms with Crippen LogP contribution < -0.4 is 5.73 Å². The molecule has 1 unspecified atom stereocenters. The minimum absolute atomic E-state index is 0.506. The molecule has 0 aliphatic rings. The Balaban J connectivity index is 2.38. The number of furan rings is 1. The van der Waals surface area contributed by atoms with Gasteiger partial charge in [0.15, 0.2) is 11.6 Å². The Kier molecular flexibility index (Phi) is 2.75. The summed E-state index contributed by atoms with van der Waals surface area (Å²) in [4.78, 5) is 0. The molecule has 16 heavy (non-hydrogen) atoms. The highest BCUT2D eigenvalue weighted by Gasteiger charge is 2.15. The van der Waals surface area contributed by atoms with Crippen molar-refractivity contribution in [1.82, 2.24) is 0 Å². The van der Waals surface area contributed by atoms with E-state index in [0.717, 1.165) is 17.7 Å². The van der Waals surface area contributed by atoms with Gasteiger partial charge in [-0.2, -0.15) is 0 Å². The minimum atomic E-state index is -0.894. The number of aryl methyl sites for hydroxylation is 1. The molecular formula is C12H11F2NO. The van der Waals surface area contributed by atoms with Crippen LogP contribution in [0.5, 0.6) is 0 Å². The number of rotatable bonds is 2.